The van der Waals surface area contributed by atoms with Crippen LogP contribution in [0.4, 0.5) is 0 Å². The minimum Gasteiger partial charge on any atom is -0.506 e. The van der Waals surface area contributed by atoms with Crippen molar-refractivity contribution in [2.24, 2.45) is 5.92 Å². The fourth-order valence-electron chi connectivity index (χ4n) is 1.07. The maximum atomic E-state index is 11.2. The summed E-state index contributed by atoms with van der Waals surface area (Å²) in [4.78, 5) is 11.2. The van der Waals surface area contributed by atoms with Crippen molar-refractivity contribution in [3.05, 3.63) is 23.2 Å². The van der Waals surface area contributed by atoms with E-state index >= 15 is 0 Å². The van der Waals surface area contributed by atoms with Crippen molar-refractivity contribution in [3.63, 3.8) is 0 Å². The predicted molar refractivity (Wildman–Crippen MR) is 51.5 cm³/mol. The van der Waals surface area contributed by atoms with Crippen LogP contribution in [0.3, 0.4) is 0 Å². The minimum atomic E-state index is -0.230. The summed E-state index contributed by atoms with van der Waals surface area (Å²) >= 11 is 5.60. The number of phenols is 1. The van der Waals surface area contributed by atoms with Crippen LogP contribution in [-0.4, -0.2) is 11.1 Å². The number of carbonyl (C=O) groups is 1. The van der Waals surface area contributed by atoms with Crippen LogP contribution in [0.25, 0.3) is 0 Å². The van der Waals surface area contributed by atoms with Crippen molar-refractivity contribution < 1.29 is 14.6 Å². The van der Waals surface area contributed by atoms with Gasteiger partial charge in [0.05, 0.1) is 10.9 Å². The lowest BCUT2D eigenvalue weighted by atomic mass is 10.3. The van der Waals surface area contributed by atoms with Gasteiger partial charge in [0.15, 0.2) is 0 Å². The molecule has 0 aliphatic heterocycles. The van der Waals surface area contributed by atoms with Crippen molar-refractivity contribution >= 4 is 17.6 Å². The number of halogens is 1. The molecule has 1 aromatic rings. The zero-order valence-electron chi connectivity index (χ0n) is 7.37. The molecule has 1 fully saturated rings. The number of hydrogen-bond acceptors (Lipinski definition) is 3. The van der Waals surface area contributed by atoms with Gasteiger partial charge < -0.3 is 9.84 Å². The monoisotopic (exact) mass is 212 g/mol. The molecular formula is C10H9ClO3. The van der Waals surface area contributed by atoms with E-state index in [2.05, 4.69) is 0 Å². The number of aromatic hydroxyl groups is 1. The summed E-state index contributed by atoms with van der Waals surface area (Å²) in [5.74, 6) is 0.0797. The molecule has 1 N–H and O–H groups in total. The summed E-state index contributed by atoms with van der Waals surface area (Å²) in [5.41, 5.74) is 0. The van der Waals surface area contributed by atoms with Crippen molar-refractivity contribution in [2.75, 3.05) is 0 Å². The molecule has 0 radical (unpaired) electrons. The summed E-state index contributed by atoms with van der Waals surface area (Å²) < 4.78 is 5.02. The standard InChI is InChI=1S/C10H9ClO3/c11-8-4-3-7(5-9(8)12)14-10(13)6-1-2-6/h3-6,12H,1-2H2. The average Bonchev–Trinajstić information content (AvgIpc) is 2.94. The lowest BCUT2D eigenvalue weighted by Gasteiger charge is -2.03. The molecule has 4 heteroatoms. The summed E-state index contributed by atoms with van der Waals surface area (Å²) in [7, 11) is 0. The van der Waals surface area contributed by atoms with Gasteiger partial charge in [-0.05, 0) is 25.0 Å². The van der Waals surface area contributed by atoms with Crippen LogP contribution in [-0.2, 0) is 4.79 Å². The highest BCUT2D eigenvalue weighted by atomic mass is 35.5. The van der Waals surface area contributed by atoms with E-state index in [4.69, 9.17) is 16.3 Å². The number of hydrogen-bond donors (Lipinski definition) is 1. The zero-order valence-corrected chi connectivity index (χ0v) is 8.12. The fourth-order valence-corrected chi connectivity index (χ4v) is 1.19. The summed E-state index contributed by atoms with van der Waals surface area (Å²) in [6.07, 6.45) is 1.80. The SMILES string of the molecule is O=C(Oc1ccc(Cl)c(O)c1)C1CC1. The van der Waals surface area contributed by atoms with Crippen LogP contribution in [0.15, 0.2) is 18.2 Å². The fraction of sp³-hybridized carbons (Fsp3) is 0.300. The second-order valence-corrected chi connectivity index (χ2v) is 3.72. The molecule has 74 valence electrons. The lowest BCUT2D eigenvalue weighted by molar-refractivity contribution is -0.135. The molecule has 1 aliphatic carbocycles. The molecule has 0 bridgehead atoms. The molecule has 0 saturated heterocycles. The van der Waals surface area contributed by atoms with Gasteiger partial charge in [0.1, 0.15) is 11.5 Å². The number of esters is 1. The third-order valence-electron chi connectivity index (χ3n) is 2.05. The maximum absolute atomic E-state index is 11.2. The highest BCUT2D eigenvalue weighted by molar-refractivity contribution is 6.32. The van der Waals surface area contributed by atoms with Crippen LogP contribution >= 0.6 is 11.6 Å². The first-order chi connectivity index (χ1) is 6.66. The van der Waals surface area contributed by atoms with Gasteiger partial charge in [-0.15, -0.1) is 0 Å². The van der Waals surface area contributed by atoms with Crippen LogP contribution < -0.4 is 4.74 Å². The van der Waals surface area contributed by atoms with Gasteiger partial charge in [0.25, 0.3) is 0 Å². The first-order valence-corrected chi connectivity index (χ1v) is 4.75. The topological polar surface area (TPSA) is 46.5 Å². The largest absolute Gasteiger partial charge is 0.506 e. The van der Waals surface area contributed by atoms with E-state index in [0.29, 0.717) is 5.75 Å². The van der Waals surface area contributed by atoms with E-state index < -0.39 is 0 Å². The first kappa shape index (κ1) is 9.34. The summed E-state index contributed by atoms with van der Waals surface area (Å²) in [5, 5.41) is 9.49. The molecule has 0 atom stereocenters. The predicted octanol–water partition coefficient (Wildman–Crippen LogP) is 2.36. The van der Waals surface area contributed by atoms with Crippen LogP contribution in [0.5, 0.6) is 11.5 Å². The Hall–Kier alpha value is -1.22. The highest BCUT2D eigenvalue weighted by Crippen LogP contribution is 2.32. The molecule has 3 nitrogen and oxygen atoms in total. The summed E-state index contributed by atoms with van der Waals surface area (Å²) in [6, 6.07) is 4.39. The Morgan fingerprint density at radius 1 is 1.50 bits per heavy atom. The number of ether oxygens (including phenoxy) is 1. The van der Waals surface area contributed by atoms with E-state index in [0.717, 1.165) is 12.8 Å². The molecule has 0 heterocycles. The van der Waals surface area contributed by atoms with Gasteiger partial charge >= 0.3 is 5.97 Å². The van der Waals surface area contributed by atoms with Crippen molar-refractivity contribution in [2.45, 2.75) is 12.8 Å². The van der Waals surface area contributed by atoms with Crippen LogP contribution in [0, 0.1) is 5.92 Å². The van der Waals surface area contributed by atoms with Crippen molar-refractivity contribution in [1.82, 2.24) is 0 Å². The Morgan fingerprint density at radius 3 is 2.79 bits per heavy atom. The van der Waals surface area contributed by atoms with Gasteiger partial charge in [-0.3, -0.25) is 4.79 Å². The summed E-state index contributed by atoms with van der Waals surface area (Å²) in [6.45, 7) is 0. The third kappa shape index (κ3) is 1.99. The molecular weight excluding hydrogens is 204 g/mol. The highest BCUT2D eigenvalue weighted by Gasteiger charge is 2.31. The molecule has 0 amide bonds. The number of rotatable bonds is 2. The molecule has 1 saturated carbocycles. The maximum Gasteiger partial charge on any atom is 0.314 e. The van der Waals surface area contributed by atoms with Gasteiger partial charge in [-0.2, -0.15) is 0 Å². The third-order valence-corrected chi connectivity index (χ3v) is 2.37. The van der Waals surface area contributed by atoms with E-state index in [1.165, 1.54) is 12.1 Å². The molecule has 0 aromatic heterocycles. The zero-order chi connectivity index (χ0) is 10.1. The molecule has 0 spiro atoms. The van der Waals surface area contributed by atoms with Crippen molar-refractivity contribution in [1.29, 1.82) is 0 Å². The van der Waals surface area contributed by atoms with E-state index in [-0.39, 0.29) is 22.7 Å². The Morgan fingerprint density at radius 2 is 2.21 bits per heavy atom. The molecule has 1 aromatic carbocycles. The lowest BCUT2D eigenvalue weighted by Crippen LogP contribution is -2.09. The Kier molecular flexibility index (Phi) is 2.33. The van der Waals surface area contributed by atoms with Gasteiger partial charge in [-0.25, -0.2) is 0 Å². The Labute approximate surface area is 86.3 Å². The molecule has 1 aliphatic rings. The van der Waals surface area contributed by atoms with Crippen LogP contribution in [0.2, 0.25) is 5.02 Å². The first-order valence-electron chi connectivity index (χ1n) is 4.37. The normalized spacial score (nSPS) is 15.2. The van der Waals surface area contributed by atoms with E-state index in [9.17, 15) is 9.90 Å². The molecule has 2 rings (SSSR count). The quantitative estimate of drug-likeness (QED) is 0.605. The number of benzene rings is 1. The van der Waals surface area contributed by atoms with Crippen LogP contribution in [0.1, 0.15) is 12.8 Å². The number of carbonyl (C=O) groups excluding carboxylic acids is 1. The van der Waals surface area contributed by atoms with Gasteiger partial charge in [0, 0.05) is 6.07 Å². The Bertz CT molecular complexity index is 372. The number of phenolic OH excluding ortho intramolecular Hbond substituents is 1. The second kappa shape index (κ2) is 3.50. The molecule has 0 unspecified atom stereocenters. The van der Waals surface area contributed by atoms with E-state index in [1.54, 1.807) is 6.07 Å². The minimum absolute atomic E-state index is 0.0489. The average molecular weight is 213 g/mol. The van der Waals surface area contributed by atoms with Gasteiger partial charge in [0.2, 0.25) is 0 Å². The van der Waals surface area contributed by atoms with E-state index in [1.807, 2.05) is 0 Å². The van der Waals surface area contributed by atoms with Crippen molar-refractivity contribution in [3.8, 4) is 11.5 Å². The van der Waals surface area contributed by atoms with Gasteiger partial charge in [-0.1, -0.05) is 11.6 Å². The smallest absolute Gasteiger partial charge is 0.314 e. The Balaban J connectivity index is 2.08. The molecule has 14 heavy (non-hydrogen) atoms. The second-order valence-electron chi connectivity index (χ2n) is 3.31.